The molecule has 118 valence electrons. The number of hydrogen-bond acceptors (Lipinski definition) is 6. The quantitative estimate of drug-likeness (QED) is 0.780. The van der Waals surface area contributed by atoms with Crippen molar-refractivity contribution in [3.05, 3.63) is 36.2 Å². The van der Waals surface area contributed by atoms with Crippen molar-refractivity contribution in [1.29, 1.82) is 0 Å². The molecule has 0 bridgehead atoms. The molecule has 3 rings (SSSR count). The van der Waals surface area contributed by atoms with E-state index < -0.39 is 0 Å². The number of nitrogens with zero attached hydrogens (tertiary/aromatic N) is 6. The fraction of sp³-hybridized carbons (Fsp3) is 0.533. The second-order valence-electron chi connectivity index (χ2n) is 5.41. The van der Waals surface area contributed by atoms with Gasteiger partial charge in [-0.15, -0.1) is 5.10 Å². The lowest BCUT2D eigenvalue weighted by atomic mass is 10.2. The van der Waals surface area contributed by atoms with Crippen molar-refractivity contribution in [2.24, 2.45) is 0 Å². The first-order chi connectivity index (χ1) is 10.9. The molecule has 22 heavy (non-hydrogen) atoms. The maximum absolute atomic E-state index is 5.09. The third-order valence-electron chi connectivity index (χ3n) is 3.97. The third-order valence-corrected chi connectivity index (χ3v) is 3.97. The number of rotatable bonds is 6. The van der Waals surface area contributed by atoms with Crippen LogP contribution in [0, 0.1) is 0 Å². The molecule has 0 radical (unpaired) electrons. The van der Waals surface area contributed by atoms with Gasteiger partial charge in [-0.1, -0.05) is 18.2 Å². The summed E-state index contributed by atoms with van der Waals surface area (Å²) in [5.41, 5.74) is 1.30. The lowest BCUT2D eigenvalue weighted by Crippen LogP contribution is -2.46. The van der Waals surface area contributed by atoms with E-state index in [4.69, 9.17) is 4.74 Å². The molecule has 1 saturated heterocycles. The van der Waals surface area contributed by atoms with Crippen LogP contribution < -0.4 is 4.90 Å². The number of hydrogen-bond donors (Lipinski definition) is 0. The standard InChI is InChI=1S/C15H22N6O/c1-22-12-11-21-15(16-17-18-21)13-19-7-9-20(10-8-19)14-5-3-2-4-6-14/h2-6H,7-13H2,1H3. The van der Waals surface area contributed by atoms with Crippen molar-refractivity contribution < 1.29 is 4.74 Å². The van der Waals surface area contributed by atoms with Crippen LogP contribution in [0.3, 0.4) is 0 Å². The first kappa shape index (κ1) is 14.9. The van der Waals surface area contributed by atoms with Gasteiger partial charge in [0.15, 0.2) is 5.82 Å². The first-order valence-electron chi connectivity index (χ1n) is 7.63. The Balaban J connectivity index is 1.53. The highest BCUT2D eigenvalue weighted by Gasteiger charge is 2.19. The topological polar surface area (TPSA) is 59.3 Å². The van der Waals surface area contributed by atoms with Gasteiger partial charge >= 0.3 is 0 Å². The minimum absolute atomic E-state index is 0.625. The molecule has 1 aromatic heterocycles. The van der Waals surface area contributed by atoms with Crippen LogP contribution in [0.5, 0.6) is 0 Å². The number of aromatic nitrogens is 4. The van der Waals surface area contributed by atoms with Crippen LogP contribution in [-0.2, 0) is 17.8 Å². The van der Waals surface area contributed by atoms with Crippen molar-refractivity contribution in [2.45, 2.75) is 13.1 Å². The Morgan fingerprint density at radius 3 is 2.59 bits per heavy atom. The second-order valence-corrected chi connectivity index (χ2v) is 5.41. The minimum atomic E-state index is 0.625. The Morgan fingerprint density at radius 2 is 1.86 bits per heavy atom. The summed E-state index contributed by atoms with van der Waals surface area (Å²) < 4.78 is 6.91. The average molecular weight is 302 g/mol. The van der Waals surface area contributed by atoms with E-state index in [1.54, 1.807) is 7.11 Å². The molecule has 7 heteroatoms. The number of para-hydroxylation sites is 1. The van der Waals surface area contributed by atoms with Gasteiger partial charge < -0.3 is 9.64 Å². The molecule has 0 unspecified atom stereocenters. The second kappa shape index (κ2) is 7.33. The number of benzene rings is 1. The molecule has 1 aliphatic heterocycles. The highest BCUT2D eigenvalue weighted by molar-refractivity contribution is 5.46. The Morgan fingerprint density at radius 1 is 1.09 bits per heavy atom. The van der Waals surface area contributed by atoms with E-state index in [0.717, 1.165) is 38.5 Å². The largest absolute Gasteiger partial charge is 0.383 e. The smallest absolute Gasteiger partial charge is 0.165 e. The van der Waals surface area contributed by atoms with Crippen LogP contribution in [0.1, 0.15) is 5.82 Å². The van der Waals surface area contributed by atoms with E-state index in [9.17, 15) is 0 Å². The molecule has 0 amide bonds. The van der Waals surface area contributed by atoms with Crippen molar-refractivity contribution >= 4 is 5.69 Å². The average Bonchev–Trinajstić information content (AvgIpc) is 3.01. The highest BCUT2D eigenvalue weighted by atomic mass is 16.5. The van der Waals surface area contributed by atoms with E-state index in [0.29, 0.717) is 13.2 Å². The molecular weight excluding hydrogens is 280 g/mol. The van der Waals surface area contributed by atoms with Gasteiger partial charge in [0.2, 0.25) is 0 Å². The maximum atomic E-state index is 5.09. The monoisotopic (exact) mass is 302 g/mol. The van der Waals surface area contributed by atoms with Gasteiger partial charge in [0.05, 0.1) is 19.7 Å². The molecule has 0 atom stereocenters. The van der Waals surface area contributed by atoms with E-state index >= 15 is 0 Å². The van der Waals surface area contributed by atoms with Crippen LogP contribution in [0.25, 0.3) is 0 Å². The number of ether oxygens (including phenoxy) is 1. The Bertz CT molecular complexity index is 564. The lowest BCUT2D eigenvalue weighted by Gasteiger charge is -2.35. The van der Waals surface area contributed by atoms with Gasteiger partial charge in [-0.2, -0.15) is 0 Å². The van der Waals surface area contributed by atoms with Crippen molar-refractivity contribution in [2.75, 3.05) is 44.8 Å². The van der Waals surface area contributed by atoms with Crippen LogP contribution in [0.15, 0.2) is 30.3 Å². The fourth-order valence-electron chi connectivity index (χ4n) is 2.69. The van der Waals surface area contributed by atoms with Gasteiger partial charge in [-0.3, -0.25) is 4.90 Å². The van der Waals surface area contributed by atoms with Crippen LogP contribution in [0.4, 0.5) is 5.69 Å². The number of anilines is 1. The number of tetrazole rings is 1. The van der Waals surface area contributed by atoms with Crippen molar-refractivity contribution in [3.8, 4) is 0 Å². The Labute approximate surface area is 130 Å². The third kappa shape index (κ3) is 3.61. The molecule has 0 saturated carbocycles. The molecule has 1 aliphatic rings. The summed E-state index contributed by atoms with van der Waals surface area (Å²) in [7, 11) is 1.69. The van der Waals surface area contributed by atoms with Crippen molar-refractivity contribution in [1.82, 2.24) is 25.1 Å². The number of piperazine rings is 1. The van der Waals surface area contributed by atoms with Gasteiger partial charge in [0.25, 0.3) is 0 Å². The molecule has 1 fully saturated rings. The molecule has 7 nitrogen and oxygen atoms in total. The van der Waals surface area contributed by atoms with Gasteiger partial charge in [0, 0.05) is 39.0 Å². The SMILES string of the molecule is COCCn1nnnc1CN1CCN(c2ccccc2)CC1. The minimum Gasteiger partial charge on any atom is -0.383 e. The summed E-state index contributed by atoms with van der Waals surface area (Å²) in [5.74, 6) is 0.908. The van der Waals surface area contributed by atoms with Crippen LogP contribution in [0.2, 0.25) is 0 Å². The summed E-state index contributed by atoms with van der Waals surface area (Å²) in [5, 5.41) is 11.9. The van der Waals surface area contributed by atoms with Gasteiger partial charge in [-0.05, 0) is 22.6 Å². The Hall–Kier alpha value is -1.99. The van der Waals surface area contributed by atoms with E-state index in [2.05, 4.69) is 55.7 Å². The van der Waals surface area contributed by atoms with Gasteiger partial charge in [-0.25, -0.2) is 4.68 Å². The molecule has 0 spiro atoms. The summed E-state index contributed by atoms with van der Waals surface area (Å²) in [6, 6.07) is 10.6. The molecular formula is C15H22N6O. The highest BCUT2D eigenvalue weighted by Crippen LogP contribution is 2.16. The fourth-order valence-corrected chi connectivity index (χ4v) is 2.69. The normalized spacial score (nSPS) is 16.1. The predicted octanol–water partition coefficient (Wildman–Crippen LogP) is 0.642. The Kier molecular flexibility index (Phi) is 4.97. The van der Waals surface area contributed by atoms with E-state index in [-0.39, 0.29) is 0 Å². The predicted molar refractivity (Wildman–Crippen MR) is 83.6 cm³/mol. The summed E-state index contributed by atoms with van der Waals surface area (Å²) in [6.45, 7) is 6.22. The number of methoxy groups -OCH3 is 1. The van der Waals surface area contributed by atoms with E-state index in [1.165, 1.54) is 5.69 Å². The zero-order chi connectivity index (χ0) is 15.2. The summed E-state index contributed by atoms with van der Waals surface area (Å²) >= 11 is 0. The molecule has 2 heterocycles. The van der Waals surface area contributed by atoms with Crippen LogP contribution in [-0.4, -0.2) is 65.0 Å². The lowest BCUT2D eigenvalue weighted by molar-refractivity contribution is 0.178. The summed E-state index contributed by atoms with van der Waals surface area (Å²) in [4.78, 5) is 4.82. The molecule has 1 aromatic carbocycles. The molecule has 2 aromatic rings. The zero-order valence-corrected chi connectivity index (χ0v) is 12.9. The van der Waals surface area contributed by atoms with Gasteiger partial charge in [0.1, 0.15) is 0 Å². The zero-order valence-electron chi connectivity index (χ0n) is 12.9. The summed E-state index contributed by atoms with van der Waals surface area (Å²) in [6.07, 6.45) is 0. The van der Waals surface area contributed by atoms with Crippen LogP contribution >= 0.6 is 0 Å². The van der Waals surface area contributed by atoms with Crippen molar-refractivity contribution in [3.63, 3.8) is 0 Å². The first-order valence-corrected chi connectivity index (χ1v) is 7.63. The molecule has 0 N–H and O–H groups in total. The van der Waals surface area contributed by atoms with E-state index in [1.807, 2.05) is 4.68 Å². The maximum Gasteiger partial charge on any atom is 0.165 e. The molecule has 0 aliphatic carbocycles.